The number of methoxy groups -OCH3 is 1. The molecule has 188 valence electrons. The van der Waals surface area contributed by atoms with Crippen molar-refractivity contribution in [1.82, 2.24) is 0 Å². The number of amides is 1. The van der Waals surface area contributed by atoms with Crippen LogP contribution < -0.4 is 16.7 Å². The quantitative estimate of drug-likeness (QED) is 0.316. The molecular weight excluding hydrogens is 468 g/mol. The second kappa shape index (κ2) is 8.65. The van der Waals surface area contributed by atoms with Crippen molar-refractivity contribution in [1.29, 1.82) is 0 Å². The molecule has 5 rings (SSSR count). The molecule has 0 radical (unpaired) electrons. The third-order valence-electron chi connectivity index (χ3n) is 6.68. The number of hydrogen-bond donors (Lipinski definition) is 2. The molecule has 1 amide bonds. The Morgan fingerprint density at radius 1 is 1.06 bits per heavy atom. The number of nitrogen functional groups attached to an aromatic ring is 1. The van der Waals surface area contributed by atoms with Crippen LogP contribution in [0.15, 0.2) is 51.7 Å². The average molecular weight is 495 g/mol. The predicted molar refractivity (Wildman–Crippen MR) is 130 cm³/mol. The summed E-state index contributed by atoms with van der Waals surface area (Å²) >= 11 is 0. The highest BCUT2D eigenvalue weighted by Gasteiger charge is 2.58. The molecule has 36 heavy (non-hydrogen) atoms. The molecule has 2 aliphatic heterocycles. The van der Waals surface area contributed by atoms with Gasteiger partial charge in [-0.05, 0) is 62.2 Å². The number of nitrogens with two attached hydrogens (primary N) is 1. The van der Waals surface area contributed by atoms with E-state index in [1.165, 1.54) is 7.11 Å². The van der Waals surface area contributed by atoms with E-state index < -0.39 is 47.7 Å². The summed E-state index contributed by atoms with van der Waals surface area (Å²) in [5.74, 6) is -0.463. The van der Waals surface area contributed by atoms with Crippen molar-refractivity contribution in [2.24, 2.45) is 0 Å². The van der Waals surface area contributed by atoms with Crippen LogP contribution in [-0.2, 0) is 18.9 Å². The van der Waals surface area contributed by atoms with E-state index >= 15 is 0 Å². The predicted octanol–water partition coefficient (Wildman–Crippen LogP) is 3.70. The maximum atomic E-state index is 12.8. The number of carbonyl (C=O) groups excluding carboxylic acids is 2. The Morgan fingerprint density at radius 2 is 1.75 bits per heavy atom. The molecule has 2 fully saturated rings. The van der Waals surface area contributed by atoms with E-state index in [-0.39, 0.29) is 5.69 Å². The highest BCUT2D eigenvalue weighted by Crippen LogP contribution is 2.45. The van der Waals surface area contributed by atoms with E-state index in [9.17, 15) is 14.4 Å². The summed E-state index contributed by atoms with van der Waals surface area (Å²) in [6.45, 7) is 5.49. The molecular formula is C26H26N2O8. The van der Waals surface area contributed by atoms with Crippen LogP contribution in [0, 0.1) is 6.92 Å². The Balaban J connectivity index is 1.50. The third kappa shape index (κ3) is 3.98. The van der Waals surface area contributed by atoms with Crippen molar-refractivity contribution in [3.8, 4) is 0 Å². The van der Waals surface area contributed by atoms with E-state index in [1.54, 1.807) is 43.3 Å². The summed E-state index contributed by atoms with van der Waals surface area (Å²) in [5, 5.41) is 3.20. The van der Waals surface area contributed by atoms with Gasteiger partial charge in [-0.2, -0.15) is 0 Å². The van der Waals surface area contributed by atoms with Gasteiger partial charge in [-0.1, -0.05) is 12.1 Å². The van der Waals surface area contributed by atoms with Gasteiger partial charge in [0.2, 0.25) is 0 Å². The molecule has 0 aliphatic carbocycles. The lowest BCUT2D eigenvalue weighted by Crippen LogP contribution is -2.58. The molecule has 2 saturated heterocycles. The summed E-state index contributed by atoms with van der Waals surface area (Å²) in [6, 6.07) is 11.5. The van der Waals surface area contributed by atoms with Crippen molar-refractivity contribution >= 4 is 34.4 Å². The molecule has 1 aromatic heterocycles. The van der Waals surface area contributed by atoms with E-state index in [1.807, 2.05) is 19.9 Å². The number of aryl methyl sites for hydroxylation is 1. The van der Waals surface area contributed by atoms with Gasteiger partial charge in [-0.25, -0.2) is 9.59 Å². The first-order chi connectivity index (χ1) is 17.1. The number of hydrogen-bond acceptors (Lipinski definition) is 9. The van der Waals surface area contributed by atoms with Crippen molar-refractivity contribution in [2.45, 2.75) is 50.8 Å². The molecule has 10 nitrogen and oxygen atoms in total. The number of anilines is 2. The largest absolute Gasteiger partial charge is 0.509 e. The SMILES string of the molecule is CO[C@@H]1[C@H]2OC(=O)O[C@H]2[C@H](c2ccc3cc(NC(=O)c4ccc(N)cc4)c(=O)oc3c2C)OC1(C)C. The first kappa shape index (κ1) is 23.8. The summed E-state index contributed by atoms with van der Waals surface area (Å²) in [7, 11) is 1.53. The van der Waals surface area contributed by atoms with Crippen LogP contribution in [0.3, 0.4) is 0 Å². The van der Waals surface area contributed by atoms with Crippen LogP contribution in [-0.4, -0.2) is 43.1 Å². The van der Waals surface area contributed by atoms with E-state index in [0.29, 0.717) is 33.3 Å². The van der Waals surface area contributed by atoms with Crippen molar-refractivity contribution < 1.29 is 33.0 Å². The van der Waals surface area contributed by atoms with Gasteiger partial charge >= 0.3 is 11.8 Å². The minimum Gasteiger partial charge on any atom is -0.424 e. The highest BCUT2D eigenvalue weighted by molar-refractivity contribution is 6.05. The summed E-state index contributed by atoms with van der Waals surface area (Å²) in [5.41, 5.74) is 6.70. The molecule has 3 aromatic rings. The van der Waals surface area contributed by atoms with Gasteiger partial charge in [-0.3, -0.25) is 4.79 Å². The second-order valence-corrected chi connectivity index (χ2v) is 9.43. The van der Waals surface area contributed by atoms with Gasteiger partial charge < -0.3 is 34.4 Å². The second-order valence-electron chi connectivity index (χ2n) is 9.43. The van der Waals surface area contributed by atoms with Gasteiger partial charge in [0.1, 0.15) is 23.5 Å². The van der Waals surface area contributed by atoms with Crippen molar-refractivity contribution in [3.63, 3.8) is 0 Å². The fraction of sp³-hybridized carbons (Fsp3) is 0.346. The smallest absolute Gasteiger partial charge is 0.424 e. The number of benzene rings is 2. The minimum atomic E-state index is -0.799. The van der Waals surface area contributed by atoms with Gasteiger partial charge in [-0.15, -0.1) is 0 Å². The van der Waals surface area contributed by atoms with Gasteiger partial charge in [0.15, 0.2) is 12.2 Å². The zero-order valence-electron chi connectivity index (χ0n) is 20.2. The van der Waals surface area contributed by atoms with Crippen LogP contribution >= 0.6 is 0 Å². The molecule has 0 saturated carbocycles. The molecule has 0 bridgehead atoms. The van der Waals surface area contributed by atoms with Crippen molar-refractivity contribution in [3.05, 3.63) is 69.6 Å². The third-order valence-corrected chi connectivity index (χ3v) is 6.68. The Bertz CT molecular complexity index is 1410. The van der Waals surface area contributed by atoms with Crippen LogP contribution in [0.5, 0.6) is 0 Å². The lowest BCUT2D eigenvalue weighted by atomic mass is 9.84. The Kier molecular flexibility index (Phi) is 5.73. The molecule has 3 heterocycles. The summed E-state index contributed by atoms with van der Waals surface area (Å²) < 4.78 is 28.4. The zero-order valence-corrected chi connectivity index (χ0v) is 20.2. The van der Waals surface area contributed by atoms with Crippen LogP contribution in [0.4, 0.5) is 16.2 Å². The number of rotatable bonds is 4. The van der Waals surface area contributed by atoms with Crippen molar-refractivity contribution in [2.75, 3.05) is 18.2 Å². The first-order valence-corrected chi connectivity index (χ1v) is 11.4. The van der Waals surface area contributed by atoms with Crippen LogP contribution in [0.2, 0.25) is 0 Å². The summed E-state index contributed by atoms with van der Waals surface area (Å²) in [6.07, 6.45) is -3.40. The number of ether oxygens (including phenoxy) is 4. The Labute approximate surface area is 206 Å². The zero-order chi connectivity index (χ0) is 25.8. The monoisotopic (exact) mass is 494 g/mol. The molecule has 2 aromatic carbocycles. The first-order valence-electron chi connectivity index (χ1n) is 11.4. The maximum absolute atomic E-state index is 12.8. The molecule has 4 atom stereocenters. The van der Waals surface area contributed by atoms with Crippen LogP contribution in [0.1, 0.15) is 41.4 Å². The van der Waals surface area contributed by atoms with Gasteiger partial charge in [0, 0.05) is 23.7 Å². The Hall–Kier alpha value is -3.89. The lowest BCUT2D eigenvalue weighted by Gasteiger charge is -2.46. The fourth-order valence-electron chi connectivity index (χ4n) is 4.93. The normalized spacial score (nSPS) is 24.6. The van der Waals surface area contributed by atoms with Gasteiger partial charge in [0.25, 0.3) is 5.91 Å². The Morgan fingerprint density at radius 3 is 2.44 bits per heavy atom. The molecule has 0 unspecified atom stereocenters. The lowest BCUT2D eigenvalue weighted by molar-refractivity contribution is -0.237. The van der Waals surface area contributed by atoms with Crippen LogP contribution in [0.25, 0.3) is 11.0 Å². The van der Waals surface area contributed by atoms with Gasteiger partial charge in [0.05, 0.1) is 5.60 Å². The topological polar surface area (TPSA) is 139 Å². The summed E-state index contributed by atoms with van der Waals surface area (Å²) in [4.78, 5) is 37.3. The fourth-order valence-corrected chi connectivity index (χ4v) is 4.93. The van der Waals surface area contributed by atoms with E-state index in [0.717, 1.165) is 0 Å². The number of carbonyl (C=O) groups is 2. The molecule has 2 aliphatic rings. The van der Waals surface area contributed by atoms with E-state index in [2.05, 4.69) is 5.32 Å². The molecule has 3 N–H and O–H groups in total. The molecule has 0 spiro atoms. The van der Waals surface area contributed by atoms with E-state index in [4.69, 9.17) is 29.1 Å². The standard InChI is InChI=1S/C26H26N2O8/c1-12-16(19-20-21(35-25(31)34-20)22(32-4)26(2,3)36-19)10-7-14-11-17(24(30)33-18(12)14)28-23(29)13-5-8-15(27)9-6-13/h5-11,19-22H,27H2,1-4H3,(H,28,29)/t19-,20-,21-,22+/m0/s1. The number of nitrogens with one attached hydrogen (secondary N) is 1. The highest BCUT2D eigenvalue weighted by atomic mass is 16.8. The molecule has 10 heteroatoms. The minimum absolute atomic E-state index is 0.00708. The number of fused-ring (bicyclic) bond motifs is 2. The average Bonchev–Trinajstić information content (AvgIpc) is 3.21. The maximum Gasteiger partial charge on any atom is 0.509 e.